The Hall–Kier alpha value is -1.64. The quantitative estimate of drug-likeness (QED) is 0.878. The molecule has 3 heteroatoms. The third kappa shape index (κ3) is 2.37. The van der Waals surface area contributed by atoms with Crippen LogP contribution in [0, 0.1) is 11.7 Å². The second-order valence-electron chi connectivity index (χ2n) is 5.83. The van der Waals surface area contributed by atoms with E-state index in [1.807, 2.05) is 6.07 Å². The zero-order valence-electron chi connectivity index (χ0n) is 11.5. The van der Waals surface area contributed by atoms with Gasteiger partial charge in [-0.25, -0.2) is 9.18 Å². The van der Waals surface area contributed by atoms with Crippen molar-refractivity contribution in [2.45, 2.75) is 44.9 Å². The van der Waals surface area contributed by atoms with E-state index in [-0.39, 0.29) is 11.7 Å². The zero-order chi connectivity index (χ0) is 14.1. The largest absolute Gasteiger partial charge is 0.478 e. The normalized spacial score (nSPS) is 19.9. The summed E-state index contributed by atoms with van der Waals surface area (Å²) in [6.45, 7) is 0. The van der Waals surface area contributed by atoms with Crippen LogP contribution in [0.3, 0.4) is 0 Å². The van der Waals surface area contributed by atoms with Crippen LogP contribution in [-0.4, -0.2) is 11.1 Å². The van der Waals surface area contributed by atoms with Crippen LogP contribution in [0.25, 0.3) is 5.57 Å². The second-order valence-corrected chi connectivity index (χ2v) is 5.83. The Labute approximate surface area is 118 Å². The molecule has 0 aliphatic heterocycles. The molecule has 0 unspecified atom stereocenters. The maximum Gasteiger partial charge on any atom is 0.331 e. The molecule has 0 radical (unpaired) electrons. The van der Waals surface area contributed by atoms with Crippen molar-refractivity contribution in [2.75, 3.05) is 0 Å². The van der Waals surface area contributed by atoms with E-state index >= 15 is 0 Å². The summed E-state index contributed by atoms with van der Waals surface area (Å²) in [6, 6.07) is 4.82. The van der Waals surface area contributed by atoms with E-state index in [1.165, 1.54) is 18.6 Å². The Morgan fingerprint density at radius 1 is 1.15 bits per heavy atom. The van der Waals surface area contributed by atoms with Gasteiger partial charge in [0, 0.05) is 5.57 Å². The monoisotopic (exact) mass is 274 g/mol. The SMILES string of the molecule is O=C(O)C1=C(C2CCCCC2)c2cc(F)ccc2CC1. The third-order valence-electron chi connectivity index (χ3n) is 4.60. The molecule has 1 aromatic carbocycles. The summed E-state index contributed by atoms with van der Waals surface area (Å²) in [5.41, 5.74) is 3.37. The van der Waals surface area contributed by atoms with Crippen molar-refractivity contribution in [3.8, 4) is 0 Å². The highest BCUT2D eigenvalue weighted by atomic mass is 19.1. The predicted molar refractivity (Wildman–Crippen MR) is 75.9 cm³/mol. The molecule has 0 amide bonds. The van der Waals surface area contributed by atoms with E-state index in [2.05, 4.69) is 0 Å². The highest BCUT2D eigenvalue weighted by Crippen LogP contribution is 2.42. The van der Waals surface area contributed by atoms with Crippen LogP contribution in [-0.2, 0) is 11.2 Å². The molecule has 2 aliphatic rings. The molecule has 0 heterocycles. The average Bonchev–Trinajstić information content (AvgIpc) is 2.46. The standard InChI is InChI=1S/C17H19FO2/c18-13-8-6-11-7-9-14(17(19)20)16(15(11)10-13)12-4-2-1-3-5-12/h6,8,10,12H,1-5,7,9H2,(H,19,20). The third-order valence-corrected chi connectivity index (χ3v) is 4.60. The van der Waals surface area contributed by atoms with Crippen molar-refractivity contribution >= 4 is 11.5 Å². The van der Waals surface area contributed by atoms with Crippen LogP contribution in [0.5, 0.6) is 0 Å². The molecule has 1 saturated carbocycles. The minimum Gasteiger partial charge on any atom is -0.478 e. The zero-order valence-corrected chi connectivity index (χ0v) is 11.5. The summed E-state index contributed by atoms with van der Waals surface area (Å²) in [4.78, 5) is 11.6. The molecule has 0 spiro atoms. The Kier molecular flexibility index (Phi) is 3.60. The summed E-state index contributed by atoms with van der Waals surface area (Å²) >= 11 is 0. The molecule has 0 bridgehead atoms. The van der Waals surface area contributed by atoms with E-state index in [0.29, 0.717) is 18.4 Å². The van der Waals surface area contributed by atoms with Crippen molar-refractivity contribution in [2.24, 2.45) is 5.92 Å². The number of carbonyl (C=O) groups is 1. The van der Waals surface area contributed by atoms with Crippen LogP contribution < -0.4 is 0 Å². The molecule has 0 aromatic heterocycles. The first-order valence-electron chi connectivity index (χ1n) is 7.42. The summed E-state index contributed by atoms with van der Waals surface area (Å²) in [7, 11) is 0. The summed E-state index contributed by atoms with van der Waals surface area (Å²) in [6.07, 6.45) is 6.84. The Morgan fingerprint density at radius 2 is 1.90 bits per heavy atom. The molecule has 1 N–H and O–H groups in total. The van der Waals surface area contributed by atoms with Crippen LogP contribution in [0.4, 0.5) is 4.39 Å². The lowest BCUT2D eigenvalue weighted by Crippen LogP contribution is -2.19. The molecule has 0 saturated heterocycles. The van der Waals surface area contributed by atoms with Gasteiger partial charge in [0.1, 0.15) is 5.82 Å². The molecule has 20 heavy (non-hydrogen) atoms. The lowest BCUT2D eigenvalue weighted by molar-refractivity contribution is -0.132. The number of benzene rings is 1. The smallest absolute Gasteiger partial charge is 0.331 e. The number of halogens is 1. The van der Waals surface area contributed by atoms with E-state index < -0.39 is 5.97 Å². The first-order valence-corrected chi connectivity index (χ1v) is 7.42. The number of aryl methyl sites for hydroxylation is 1. The minimum atomic E-state index is -0.833. The lowest BCUT2D eigenvalue weighted by atomic mass is 9.74. The van der Waals surface area contributed by atoms with Crippen molar-refractivity contribution in [1.29, 1.82) is 0 Å². The first kappa shape index (κ1) is 13.3. The van der Waals surface area contributed by atoms with Crippen LogP contribution in [0.15, 0.2) is 23.8 Å². The number of hydrogen-bond acceptors (Lipinski definition) is 1. The van der Waals surface area contributed by atoms with E-state index in [4.69, 9.17) is 0 Å². The fourth-order valence-corrected chi connectivity index (χ4v) is 3.65. The maximum atomic E-state index is 13.6. The van der Waals surface area contributed by atoms with Crippen molar-refractivity contribution in [1.82, 2.24) is 0 Å². The van der Waals surface area contributed by atoms with Gasteiger partial charge in [0.05, 0.1) is 0 Å². The molecular weight excluding hydrogens is 255 g/mol. The number of hydrogen-bond donors (Lipinski definition) is 1. The number of carboxylic acid groups (broad SMARTS) is 1. The van der Waals surface area contributed by atoms with Crippen LogP contribution >= 0.6 is 0 Å². The Balaban J connectivity index is 2.12. The highest BCUT2D eigenvalue weighted by Gasteiger charge is 2.29. The fraction of sp³-hybridized carbons (Fsp3) is 0.471. The molecule has 2 aliphatic carbocycles. The molecule has 2 nitrogen and oxygen atoms in total. The number of rotatable bonds is 2. The van der Waals surface area contributed by atoms with E-state index in [1.54, 1.807) is 0 Å². The van der Waals surface area contributed by atoms with Crippen LogP contribution in [0.2, 0.25) is 0 Å². The average molecular weight is 274 g/mol. The molecule has 1 aromatic rings. The van der Waals surface area contributed by atoms with Gasteiger partial charge in [-0.05, 0) is 60.4 Å². The first-order chi connectivity index (χ1) is 9.66. The highest BCUT2D eigenvalue weighted by molar-refractivity contribution is 5.98. The summed E-state index contributed by atoms with van der Waals surface area (Å²) in [5.74, 6) is -0.820. The van der Waals surface area contributed by atoms with Gasteiger partial charge in [-0.2, -0.15) is 0 Å². The van der Waals surface area contributed by atoms with Crippen molar-refractivity contribution < 1.29 is 14.3 Å². The maximum absolute atomic E-state index is 13.6. The molecular formula is C17H19FO2. The molecule has 1 fully saturated rings. The van der Waals surface area contributed by atoms with Gasteiger partial charge >= 0.3 is 5.97 Å². The van der Waals surface area contributed by atoms with E-state index in [0.717, 1.165) is 42.4 Å². The summed E-state index contributed by atoms with van der Waals surface area (Å²) in [5, 5.41) is 9.48. The second kappa shape index (κ2) is 5.39. The predicted octanol–water partition coefficient (Wildman–Crippen LogP) is 4.19. The topological polar surface area (TPSA) is 37.3 Å². The number of allylic oxidation sites excluding steroid dienone is 1. The van der Waals surface area contributed by atoms with Gasteiger partial charge in [-0.1, -0.05) is 25.3 Å². The fourth-order valence-electron chi connectivity index (χ4n) is 3.65. The molecule has 106 valence electrons. The van der Waals surface area contributed by atoms with Gasteiger partial charge in [0.25, 0.3) is 0 Å². The molecule has 3 rings (SSSR count). The Bertz CT molecular complexity index is 568. The molecule has 0 atom stereocenters. The lowest BCUT2D eigenvalue weighted by Gasteiger charge is -2.30. The van der Waals surface area contributed by atoms with Crippen molar-refractivity contribution in [3.05, 3.63) is 40.7 Å². The number of aliphatic carboxylic acids is 1. The van der Waals surface area contributed by atoms with Gasteiger partial charge in [0.15, 0.2) is 0 Å². The van der Waals surface area contributed by atoms with Gasteiger partial charge in [-0.3, -0.25) is 0 Å². The van der Waals surface area contributed by atoms with Crippen molar-refractivity contribution in [3.63, 3.8) is 0 Å². The minimum absolute atomic E-state index is 0.274. The number of fused-ring (bicyclic) bond motifs is 1. The van der Waals surface area contributed by atoms with Crippen LogP contribution in [0.1, 0.15) is 49.7 Å². The van der Waals surface area contributed by atoms with Gasteiger partial charge in [-0.15, -0.1) is 0 Å². The van der Waals surface area contributed by atoms with E-state index in [9.17, 15) is 14.3 Å². The summed E-state index contributed by atoms with van der Waals surface area (Å²) < 4.78 is 13.6. The number of carboxylic acids is 1. The van der Waals surface area contributed by atoms with Gasteiger partial charge < -0.3 is 5.11 Å². The Morgan fingerprint density at radius 3 is 2.60 bits per heavy atom. The van der Waals surface area contributed by atoms with Gasteiger partial charge in [0.2, 0.25) is 0 Å².